The smallest absolute Gasteiger partial charge is 0.336 e. The van der Waals surface area contributed by atoms with Gasteiger partial charge >= 0.3 is 11.9 Å². The fraction of sp³-hybridized carbons (Fsp3) is 0.650. The number of aliphatic hydroxyl groups excluding tert-OH is 1. The fourth-order valence-corrected chi connectivity index (χ4v) is 6.35. The molecule has 6 N–H and O–H groups in total. The molecule has 0 spiro atoms. The van der Waals surface area contributed by atoms with Crippen LogP contribution in [0, 0.1) is 17.8 Å². The molecule has 1 aliphatic rings. The van der Waals surface area contributed by atoms with E-state index in [1.165, 1.54) is 26.0 Å². The molecule has 2 rings (SSSR count). The third-order valence-corrected chi connectivity index (χ3v) is 10.2. The van der Waals surface area contributed by atoms with E-state index in [9.17, 15) is 43.5 Å². The zero-order valence-corrected chi connectivity index (χ0v) is 34.6. The Labute approximate surface area is 335 Å². The molecule has 1 fully saturated rings. The molecule has 17 nitrogen and oxygen atoms in total. The van der Waals surface area contributed by atoms with E-state index in [1.807, 2.05) is 6.07 Å². The number of ether oxygens (including phenoxy) is 2. The largest absolute Gasteiger partial charge is 0.467 e. The van der Waals surface area contributed by atoms with E-state index in [4.69, 9.17) is 15.2 Å². The van der Waals surface area contributed by atoms with Crippen molar-refractivity contribution in [3.8, 4) is 0 Å². The number of carbonyl (C=O) groups excluding carboxylic acids is 8. The van der Waals surface area contributed by atoms with Gasteiger partial charge in [0.2, 0.25) is 29.5 Å². The van der Waals surface area contributed by atoms with Crippen LogP contribution in [-0.4, -0.2) is 125 Å². The second kappa shape index (κ2) is 22.6. The maximum atomic E-state index is 13.9. The molecule has 1 aliphatic heterocycles. The van der Waals surface area contributed by atoms with Crippen LogP contribution in [0.4, 0.5) is 0 Å². The monoisotopic (exact) mass is 802 g/mol. The summed E-state index contributed by atoms with van der Waals surface area (Å²) in [6, 6.07) is 3.36. The van der Waals surface area contributed by atoms with E-state index in [-0.39, 0.29) is 19.3 Å². The van der Waals surface area contributed by atoms with Crippen LogP contribution in [0.3, 0.4) is 0 Å². The Bertz CT molecular complexity index is 1570. The zero-order valence-electron chi connectivity index (χ0n) is 34.6. The Morgan fingerprint density at radius 1 is 0.912 bits per heavy atom. The van der Waals surface area contributed by atoms with Crippen LogP contribution in [0.1, 0.15) is 86.1 Å². The van der Waals surface area contributed by atoms with Crippen LogP contribution in [0.25, 0.3) is 0 Å². The summed E-state index contributed by atoms with van der Waals surface area (Å²) < 4.78 is 10.3. The van der Waals surface area contributed by atoms with Crippen molar-refractivity contribution in [2.24, 2.45) is 23.5 Å². The minimum Gasteiger partial charge on any atom is -0.467 e. The third kappa shape index (κ3) is 13.8. The Morgan fingerprint density at radius 2 is 1.54 bits per heavy atom. The fourth-order valence-electron chi connectivity index (χ4n) is 6.35. The number of likely N-dealkylation sites (tertiary alicyclic amines) is 1. The van der Waals surface area contributed by atoms with Gasteiger partial charge in [-0.15, -0.1) is 0 Å². The van der Waals surface area contributed by atoms with E-state index in [0.717, 1.165) is 10.5 Å². The van der Waals surface area contributed by atoms with E-state index in [1.54, 1.807) is 65.8 Å². The SMILES string of the molecule is CC[C@H](C)[C@H](NC(=O)[C@H](CCC(N)=O)N(C)C(=O)[C@H](OC(=O)[C@@H](O)C(C)C)C(C)C)C(=O)N[C@@H](C)C(=O)N[C@H](Cc1ccccc1)C(=O)N1CCC[C@H]1C(=O)OC. The molecule has 0 aliphatic carbocycles. The molecule has 1 saturated heterocycles. The van der Waals surface area contributed by atoms with Crippen molar-refractivity contribution in [2.75, 3.05) is 20.7 Å². The first kappa shape index (κ1) is 48.1. The predicted octanol–water partition coefficient (Wildman–Crippen LogP) is 0.591. The third-order valence-electron chi connectivity index (χ3n) is 10.2. The number of likely N-dealkylation sites (N-methyl/N-ethyl adjacent to an activating group) is 1. The molecule has 0 bridgehead atoms. The van der Waals surface area contributed by atoms with E-state index in [2.05, 4.69) is 16.0 Å². The summed E-state index contributed by atoms with van der Waals surface area (Å²) in [6.45, 7) is 11.7. The molecular formula is C40H62N6O11. The maximum Gasteiger partial charge on any atom is 0.336 e. The number of methoxy groups -OCH3 is 1. The average molecular weight is 803 g/mol. The van der Waals surface area contributed by atoms with Gasteiger partial charge in [-0.1, -0.05) is 78.3 Å². The highest BCUT2D eigenvalue weighted by Gasteiger charge is 2.40. The van der Waals surface area contributed by atoms with Gasteiger partial charge in [0.25, 0.3) is 5.91 Å². The highest BCUT2D eigenvalue weighted by Crippen LogP contribution is 2.21. The first-order valence-electron chi connectivity index (χ1n) is 19.5. The molecule has 1 aromatic rings. The van der Waals surface area contributed by atoms with Gasteiger partial charge in [-0.2, -0.15) is 0 Å². The van der Waals surface area contributed by atoms with Crippen LogP contribution < -0.4 is 21.7 Å². The van der Waals surface area contributed by atoms with Gasteiger partial charge in [-0.25, -0.2) is 9.59 Å². The Balaban J connectivity index is 2.31. The topological polar surface area (TPSA) is 244 Å². The second-order valence-electron chi connectivity index (χ2n) is 15.3. The summed E-state index contributed by atoms with van der Waals surface area (Å²) in [6.07, 6.45) is -1.89. The maximum absolute atomic E-state index is 13.9. The zero-order chi connectivity index (χ0) is 43.1. The van der Waals surface area contributed by atoms with E-state index >= 15 is 0 Å². The van der Waals surface area contributed by atoms with Gasteiger partial charge < -0.3 is 46.1 Å². The molecule has 57 heavy (non-hydrogen) atoms. The summed E-state index contributed by atoms with van der Waals surface area (Å²) in [7, 11) is 2.54. The molecule has 0 aromatic heterocycles. The van der Waals surface area contributed by atoms with Crippen molar-refractivity contribution >= 4 is 47.4 Å². The van der Waals surface area contributed by atoms with Gasteiger partial charge in [0.1, 0.15) is 30.2 Å². The quantitative estimate of drug-likeness (QED) is 0.108. The Hall–Kier alpha value is -5.06. The van der Waals surface area contributed by atoms with Crippen molar-refractivity contribution in [1.29, 1.82) is 0 Å². The van der Waals surface area contributed by atoms with Crippen LogP contribution in [0.15, 0.2) is 30.3 Å². The van der Waals surface area contributed by atoms with Crippen LogP contribution >= 0.6 is 0 Å². The predicted molar refractivity (Wildman–Crippen MR) is 208 cm³/mol. The van der Waals surface area contributed by atoms with Crippen molar-refractivity contribution < 1.29 is 52.9 Å². The van der Waals surface area contributed by atoms with Crippen LogP contribution in [0.2, 0.25) is 0 Å². The number of nitrogens with zero attached hydrogens (tertiary/aromatic N) is 2. The molecule has 0 unspecified atom stereocenters. The number of amides is 6. The number of hydrogen-bond donors (Lipinski definition) is 5. The summed E-state index contributed by atoms with van der Waals surface area (Å²) >= 11 is 0. The summed E-state index contributed by atoms with van der Waals surface area (Å²) in [4.78, 5) is 108. The summed E-state index contributed by atoms with van der Waals surface area (Å²) in [5, 5.41) is 18.3. The van der Waals surface area contributed by atoms with Gasteiger partial charge in [0, 0.05) is 26.4 Å². The lowest BCUT2D eigenvalue weighted by Gasteiger charge is -2.33. The number of carbonyl (C=O) groups is 8. The Morgan fingerprint density at radius 3 is 2.09 bits per heavy atom. The summed E-state index contributed by atoms with van der Waals surface area (Å²) in [5.74, 6) is -7.32. The molecular weight excluding hydrogens is 740 g/mol. The van der Waals surface area contributed by atoms with Crippen molar-refractivity contribution in [1.82, 2.24) is 25.8 Å². The van der Waals surface area contributed by atoms with Gasteiger partial charge in [-0.3, -0.25) is 28.8 Å². The molecule has 1 heterocycles. The van der Waals surface area contributed by atoms with E-state index < -0.39 is 108 Å². The molecule has 0 saturated carbocycles. The number of aliphatic hydroxyl groups is 1. The molecule has 1 aromatic carbocycles. The van der Waals surface area contributed by atoms with Crippen LogP contribution in [0.5, 0.6) is 0 Å². The minimum atomic E-state index is -1.49. The normalized spacial score (nSPS) is 17.6. The lowest BCUT2D eigenvalue weighted by atomic mass is 9.96. The number of nitrogens with one attached hydrogen (secondary N) is 3. The summed E-state index contributed by atoms with van der Waals surface area (Å²) in [5.41, 5.74) is 6.15. The number of primary amides is 1. The molecule has 318 valence electrons. The minimum absolute atomic E-state index is 0.107. The highest BCUT2D eigenvalue weighted by atomic mass is 16.6. The molecule has 8 atom stereocenters. The molecule has 6 amide bonds. The van der Waals surface area contributed by atoms with Gasteiger partial charge in [0.05, 0.1) is 7.11 Å². The van der Waals surface area contributed by atoms with Crippen molar-refractivity contribution in [3.63, 3.8) is 0 Å². The standard InChI is InChI=1S/C40H62N6O11/c1-10-24(6)31(44-35(50)28(18-19-30(41)47)45(8)38(53)33(23(4)5)57-40(55)32(48)22(2)3)36(51)42-25(7)34(49)43-27(21-26-15-12-11-13-16-26)37(52)46-20-14-17-29(46)39(54)56-9/h11-13,15-16,22-25,27-29,31-33,48H,10,14,17-21H2,1-9H3,(H2,41,47)(H,42,51)(H,43,49)(H,44,50)/t24-,25-,27+,28-,29-,31-,32-,33+/m0/s1. The average Bonchev–Trinajstić information content (AvgIpc) is 3.67. The van der Waals surface area contributed by atoms with Crippen molar-refractivity contribution in [3.05, 3.63) is 35.9 Å². The van der Waals surface area contributed by atoms with Gasteiger partial charge in [0.15, 0.2) is 12.2 Å². The Kier molecular flexibility index (Phi) is 19.1. The number of hydrogen-bond acceptors (Lipinski definition) is 11. The number of benzene rings is 1. The number of esters is 2. The lowest BCUT2D eigenvalue weighted by Crippen LogP contribution is -2.60. The van der Waals surface area contributed by atoms with E-state index in [0.29, 0.717) is 25.8 Å². The highest BCUT2D eigenvalue weighted by molar-refractivity contribution is 5.97. The number of nitrogens with two attached hydrogens (primary N) is 1. The lowest BCUT2D eigenvalue weighted by molar-refractivity contribution is -0.172. The first-order chi connectivity index (χ1) is 26.7. The first-order valence-corrected chi connectivity index (χ1v) is 19.5. The van der Waals surface area contributed by atoms with Gasteiger partial charge in [-0.05, 0) is 49.5 Å². The second-order valence-corrected chi connectivity index (χ2v) is 15.3. The number of rotatable bonds is 21. The molecule has 0 radical (unpaired) electrons. The van der Waals surface area contributed by atoms with Crippen molar-refractivity contribution in [2.45, 2.75) is 129 Å². The van der Waals surface area contributed by atoms with Crippen LogP contribution in [-0.2, 0) is 54.3 Å². The molecule has 17 heteroatoms.